The maximum absolute atomic E-state index is 12.6. The fourth-order valence-electron chi connectivity index (χ4n) is 3.25. The minimum Gasteiger partial charge on any atom is -0.502 e. The Morgan fingerprint density at radius 1 is 1.19 bits per heavy atom. The second-order valence-electron chi connectivity index (χ2n) is 6.23. The van der Waals surface area contributed by atoms with E-state index in [9.17, 15) is 14.7 Å². The SMILES string of the molecule is C=C/C=C(\C=C)C(c1ccccc1)N1CN(C)C(=O)c2c(O)c(=O)ccn21. The molecule has 1 N–H and O–H groups in total. The van der Waals surface area contributed by atoms with Crippen LogP contribution in [-0.2, 0) is 0 Å². The molecule has 1 aliphatic rings. The summed E-state index contributed by atoms with van der Waals surface area (Å²) >= 11 is 0. The third-order valence-corrected chi connectivity index (χ3v) is 4.51. The fraction of sp³-hybridized carbons (Fsp3) is 0.143. The highest BCUT2D eigenvalue weighted by Crippen LogP contribution is 2.32. The van der Waals surface area contributed by atoms with Gasteiger partial charge in [-0.1, -0.05) is 61.7 Å². The summed E-state index contributed by atoms with van der Waals surface area (Å²) in [6.45, 7) is 7.94. The first-order valence-electron chi connectivity index (χ1n) is 8.46. The Morgan fingerprint density at radius 3 is 2.52 bits per heavy atom. The maximum Gasteiger partial charge on any atom is 0.277 e. The smallest absolute Gasteiger partial charge is 0.277 e. The van der Waals surface area contributed by atoms with Crippen molar-refractivity contribution in [1.82, 2.24) is 9.58 Å². The summed E-state index contributed by atoms with van der Waals surface area (Å²) in [7, 11) is 1.63. The zero-order valence-corrected chi connectivity index (χ0v) is 15.1. The lowest BCUT2D eigenvalue weighted by atomic mass is 9.97. The number of aromatic nitrogens is 1. The molecule has 3 rings (SSSR count). The monoisotopic (exact) mass is 363 g/mol. The van der Waals surface area contributed by atoms with Crippen molar-refractivity contribution in [2.75, 3.05) is 18.7 Å². The van der Waals surface area contributed by atoms with E-state index in [1.165, 1.54) is 21.8 Å². The Labute approximate surface area is 157 Å². The standard InChI is InChI=1S/C21H21N3O3/c1-4-9-15(5-2)18(16-10-7-6-8-11-16)24-14-22(3)21(27)19-20(26)17(25)12-13-23(19)24/h4-13,18,26H,1-2,14H2,3H3/b15-9+. The molecule has 2 heterocycles. The lowest BCUT2D eigenvalue weighted by molar-refractivity contribution is 0.0726. The topological polar surface area (TPSA) is 65.8 Å². The van der Waals surface area contributed by atoms with Crippen LogP contribution >= 0.6 is 0 Å². The summed E-state index contributed by atoms with van der Waals surface area (Å²) in [5.41, 5.74) is 1.19. The van der Waals surface area contributed by atoms with Gasteiger partial charge in [-0.3, -0.25) is 19.3 Å². The van der Waals surface area contributed by atoms with Gasteiger partial charge in [0.2, 0.25) is 5.43 Å². The number of aromatic hydroxyl groups is 1. The summed E-state index contributed by atoms with van der Waals surface area (Å²) < 4.78 is 1.54. The molecular weight excluding hydrogens is 342 g/mol. The van der Waals surface area contributed by atoms with Crippen molar-refractivity contribution in [3.05, 3.63) is 101 Å². The highest BCUT2D eigenvalue weighted by molar-refractivity contribution is 5.96. The molecule has 2 aromatic rings. The Hall–Kier alpha value is -3.54. The van der Waals surface area contributed by atoms with Gasteiger partial charge >= 0.3 is 0 Å². The van der Waals surface area contributed by atoms with Crippen molar-refractivity contribution < 1.29 is 9.90 Å². The van der Waals surface area contributed by atoms with Crippen molar-refractivity contribution in [2.45, 2.75) is 6.04 Å². The molecule has 0 fully saturated rings. The van der Waals surface area contributed by atoms with E-state index in [-0.39, 0.29) is 18.4 Å². The lowest BCUT2D eigenvalue weighted by Crippen LogP contribution is -2.54. The number of fused-ring (bicyclic) bond motifs is 1. The van der Waals surface area contributed by atoms with E-state index in [1.54, 1.807) is 19.2 Å². The normalized spacial score (nSPS) is 15.3. The molecule has 0 bridgehead atoms. The van der Waals surface area contributed by atoms with Crippen LogP contribution in [-0.4, -0.2) is 34.3 Å². The largest absolute Gasteiger partial charge is 0.502 e. The van der Waals surface area contributed by atoms with Gasteiger partial charge < -0.3 is 10.0 Å². The van der Waals surface area contributed by atoms with Crippen LogP contribution in [0.2, 0.25) is 0 Å². The molecule has 1 aliphatic heterocycles. The number of amides is 1. The van der Waals surface area contributed by atoms with Crippen molar-refractivity contribution in [3.63, 3.8) is 0 Å². The van der Waals surface area contributed by atoms with Gasteiger partial charge in [0.1, 0.15) is 6.67 Å². The predicted molar refractivity (Wildman–Crippen MR) is 105 cm³/mol. The van der Waals surface area contributed by atoms with Crippen LogP contribution in [0.25, 0.3) is 0 Å². The van der Waals surface area contributed by atoms with Gasteiger partial charge in [0.25, 0.3) is 5.91 Å². The van der Waals surface area contributed by atoms with E-state index in [0.29, 0.717) is 0 Å². The summed E-state index contributed by atoms with van der Waals surface area (Å²) in [4.78, 5) is 25.9. The maximum atomic E-state index is 12.6. The van der Waals surface area contributed by atoms with E-state index in [0.717, 1.165) is 11.1 Å². The van der Waals surface area contributed by atoms with Gasteiger partial charge in [-0.15, -0.1) is 0 Å². The average Bonchev–Trinajstić information content (AvgIpc) is 2.68. The molecule has 0 saturated carbocycles. The van der Waals surface area contributed by atoms with Crippen LogP contribution in [0.3, 0.4) is 0 Å². The lowest BCUT2D eigenvalue weighted by Gasteiger charge is -2.43. The van der Waals surface area contributed by atoms with Crippen molar-refractivity contribution in [2.24, 2.45) is 0 Å². The molecule has 27 heavy (non-hydrogen) atoms. The first-order valence-corrected chi connectivity index (χ1v) is 8.46. The number of nitrogens with zero attached hydrogens (tertiary/aromatic N) is 3. The highest BCUT2D eigenvalue weighted by Gasteiger charge is 2.34. The molecule has 138 valence electrons. The summed E-state index contributed by atoms with van der Waals surface area (Å²) in [6.07, 6.45) is 6.77. The second-order valence-corrected chi connectivity index (χ2v) is 6.23. The molecule has 1 amide bonds. The number of hydrogen-bond donors (Lipinski definition) is 1. The highest BCUT2D eigenvalue weighted by atomic mass is 16.3. The van der Waals surface area contributed by atoms with Crippen LogP contribution < -0.4 is 10.4 Å². The Balaban J connectivity index is 2.26. The molecule has 6 nitrogen and oxygen atoms in total. The molecular formula is C21H21N3O3. The van der Waals surface area contributed by atoms with E-state index in [4.69, 9.17) is 0 Å². The zero-order valence-electron chi connectivity index (χ0n) is 15.1. The summed E-state index contributed by atoms with van der Waals surface area (Å²) in [6, 6.07) is 10.7. The van der Waals surface area contributed by atoms with Gasteiger partial charge in [-0.25, -0.2) is 0 Å². The van der Waals surface area contributed by atoms with Crippen molar-refractivity contribution in [3.8, 4) is 5.75 Å². The first kappa shape index (κ1) is 18.3. The zero-order chi connectivity index (χ0) is 19.6. The number of pyridine rings is 1. The van der Waals surface area contributed by atoms with Gasteiger partial charge in [0, 0.05) is 19.3 Å². The number of rotatable bonds is 5. The molecule has 6 heteroatoms. The Kier molecular flexibility index (Phi) is 4.98. The van der Waals surface area contributed by atoms with E-state index in [2.05, 4.69) is 13.2 Å². The number of carbonyl (C=O) groups is 1. The summed E-state index contributed by atoms with van der Waals surface area (Å²) in [5, 5.41) is 12.1. The molecule has 1 atom stereocenters. The van der Waals surface area contributed by atoms with Gasteiger partial charge in [-0.05, 0) is 11.1 Å². The molecule has 0 spiro atoms. The molecule has 0 saturated heterocycles. The fourth-order valence-corrected chi connectivity index (χ4v) is 3.25. The predicted octanol–water partition coefficient (Wildman–Crippen LogP) is 2.57. The third-order valence-electron chi connectivity index (χ3n) is 4.51. The first-order chi connectivity index (χ1) is 13.0. The van der Waals surface area contributed by atoms with Crippen molar-refractivity contribution >= 4 is 5.91 Å². The van der Waals surface area contributed by atoms with E-state index < -0.39 is 17.1 Å². The molecule has 1 unspecified atom stereocenters. The van der Waals surface area contributed by atoms with Crippen LogP contribution in [0.1, 0.15) is 22.1 Å². The van der Waals surface area contributed by atoms with Gasteiger partial charge in [0.05, 0.1) is 6.04 Å². The molecule has 0 aliphatic carbocycles. The molecule has 1 aromatic heterocycles. The number of benzene rings is 1. The van der Waals surface area contributed by atoms with E-state index in [1.807, 2.05) is 41.4 Å². The average molecular weight is 363 g/mol. The molecule has 0 radical (unpaired) electrons. The number of hydrogen-bond acceptors (Lipinski definition) is 4. The molecule has 1 aromatic carbocycles. The minimum atomic E-state index is -0.591. The van der Waals surface area contributed by atoms with Gasteiger partial charge in [-0.2, -0.15) is 0 Å². The quantitative estimate of drug-likeness (QED) is 0.830. The number of allylic oxidation sites excluding steroid dienone is 2. The third kappa shape index (κ3) is 3.17. The Bertz CT molecular complexity index is 976. The van der Waals surface area contributed by atoms with Crippen LogP contribution in [0, 0.1) is 0 Å². The van der Waals surface area contributed by atoms with Crippen LogP contribution in [0.15, 0.2) is 84.3 Å². The number of carbonyl (C=O) groups excluding carboxylic acids is 1. The van der Waals surface area contributed by atoms with Gasteiger partial charge in [0.15, 0.2) is 11.4 Å². The van der Waals surface area contributed by atoms with Crippen molar-refractivity contribution in [1.29, 1.82) is 0 Å². The van der Waals surface area contributed by atoms with E-state index >= 15 is 0 Å². The minimum absolute atomic E-state index is 0.0563. The van der Waals surface area contributed by atoms with Crippen LogP contribution in [0.4, 0.5) is 0 Å². The second kappa shape index (κ2) is 7.37. The Morgan fingerprint density at radius 2 is 1.89 bits per heavy atom. The van der Waals surface area contributed by atoms with Crippen LogP contribution in [0.5, 0.6) is 5.75 Å². The summed E-state index contributed by atoms with van der Waals surface area (Å²) in [5.74, 6) is -0.972.